The highest BCUT2D eigenvalue weighted by Crippen LogP contribution is 2.42. The second-order valence-corrected chi connectivity index (χ2v) is 8.87. The Morgan fingerprint density at radius 1 is 1.23 bits per heavy atom. The van der Waals surface area contributed by atoms with E-state index in [1.807, 2.05) is 0 Å². The van der Waals surface area contributed by atoms with Gasteiger partial charge in [0.05, 0.1) is 10.5 Å². The number of sulfone groups is 1. The normalized spacial score (nSPS) is 29.8. The van der Waals surface area contributed by atoms with Crippen molar-refractivity contribution in [2.45, 2.75) is 43.1 Å². The molecule has 2 unspecified atom stereocenters. The van der Waals surface area contributed by atoms with Gasteiger partial charge in [-0.3, -0.25) is 4.79 Å². The summed E-state index contributed by atoms with van der Waals surface area (Å²) in [5.41, 5.74) is 1.94. The molecule has 2 fully saturated rings. The van der Waals surface area contributed by atoms with E-state index >= 15 is 0 Å². The molecular weight excluding hydrogens is 302 g/mol. The number of hydrogen-bond donors (Lipinski definition) is 0. The highest BCUT2D eigenvalue weighted by molar-refractivity contribution is 7.93. The van der Waals surface area contributed by atoms with Crippen LogP contribution in [0.15, 0.2) is 22.6 Å². The fourth-order valence-corrected chi connectivity index (χ4v) is 6.33. The number of nitrogens with zero attached hydrogens (tertiary/aromatic N) is 1. The van der Waals surface area contributed by atoms with Gasteiger partial charge in [0.25, 0.3) is 0 Å². The molecule has 3 heterocycles. The van der Waals surface area contributed by atoms with Crippen LogP contribution >= 0.6 is 0 Å². The van der Waals surface area contributed by atoms with Gasteiger partial charge in [0.1, 0.15) is 5.52 Å². The van der Waals surface area contributed by atoms with E-state index in [2.05, 4.69) is 4.98 Å². The van der Waals surface area contributed by atoms with E-state index in [0.29, 0.717) is 48.2 Å². The Bertz CT molecular complexity index is 847. The standard InChI is InChI=1S/C16H17NO4S/c1-9-17-14-8-10(2-5-15(14)21-9)16(18)11-6-12-3-4-13(7-11)22(12,19)20/h2,5,8,11-13H,3-4,6-7H2,1H3. The zero-order chi connectivity index (χ0) is 15.5. The molecule has 2 atom stereocenters. The molecule has 0 spiro atoms. The van der Waals surface area contributed by atoms with E-state index in [-0.39, 0.29) is 22.2 Å². The Morgan fingerprint density at radius 3 is 2.59 bits per heavy atom. The van der Waals surface area contributed by atoms with Crippen LogP contribution in [-0.2, 0) is 9.84 Å². The number of oxazole rings is 1. The maximum absolute atomic E-state index is 12.7. The van der Waals surface area contributed by atoms with Crippen LogP contribution in [0.5, 0.6) is 0 Å². The second-order valence-electron chi connectivity index (χ2n) is 6.36. The molecule has 0 aliphatic carbocycles. The Morgan fingerprint density at radius 2 is 1.91 bits per heavy atom. The monoisotopic (exact) mass is 319 g/mol. The van der Waals surface area contributed by atoms with Crippen LogP contribution in [0.2, 0.25) is 0 Å². The third-order valence-corrected chi connectivity index (χ3v) is 7.70. The molecule has 2 saturated heterocycles. The maximum Gasteiger partial charge on any atom is 0.192 e. The fraction of sp³-hybridized carbons (Fsp3) is 0.500. The van der Waals surface area contributed by atoms with E-state index in [4.69, 9.17) is 4.42 Å². The Hall–Kier alpha value is -1.69. The molecular formula is C16H17NO4S. The van der Waals surface area contributed by atoms with E-state index in [1.165, 1.54) is 0 Å². The van der Waals surface area contributed by atoms with Gasteiger partial charge in [-0.15, -0.1) is 0 Å². The maximum atomic E-state index is 12.7. The number of hydrogen-bond acceptors (Lipinski definition) is 5. The molecule has 2 aromatic rings. The number of carbonyl (C=O) groups is 1. The molecule has 6 heteroatoms. The van der Waals surface area contributed by atoms with E-state index in [9.17, 15) is 13.2 Å². The van der Waals surface area contributed by atoms with E-state index in [1.54, 1.807) is 25.1 Å². The summed E-state index contributed by atoms with van der Waals surface area (Å²) in [6.45, 7) is 1.77. The van der Waals surface area contributed by atoms with Gasteiger partial charge in [-0.25, -0.2) is 13.4 Å². The molecule has 1 aromatic carbocycles. The molecule has 5 nitrogen and oxygen atoms in total. The summed E-state index contributed by atoms with van der Waals surface area (Å²) in [5.74, 6) is 0.419. The lowest BCUT2D eigenvalue weighted by Gasteiger charge is -2.26. The third kappa shape index (κ3) is 2.00. The lowest BCUT2D eigenvalue weighted by molar-refractivity contribution is 0.0905. The Kier molecular flexibility index (Phi) is 2.95. The molecule has 0 radical (unpaired) electrons. The molecule has 2 bridgehead atoms. The average Bonchev–Trinajstić information content (AvgIpc) is 2.86. The summed E-state index contributed by atoms with van der Waals surface area (Å²) < 4.78 is 29.7. The van der Waals surface area contributed by atoms with Crippen molar-refractivity contribution in [1.29, 1.82) is 0 Å². The van der Waals surface area contributed by atoms with Crippen molar-refractivity contribution < 1.29 is 17.6 Å². The summed E-state index contributed by atoms with van der Waals surface area (Å²) in [4.78, 5) is 17.0. The van der Waals surface area contributed by atoms with Crippen molar-refractivity contribution in [2.75, 3.05) is 0 Å². The van der Waals surface area contributed by atoms with Crippen LogP contribution < -0.4 is 0 Å². The topological polar surface area (TPSA) is 77.2 Å². The number of carbonyl (C=O) groups excluding carboxylic acids is 1. The van der Waals surface area contributed by atoms with Gasteiger partial charge in [0.2, 0.25) is 0 Å². The SMILES string of the molecule is Cc1nc2cc(C(=O)C3CC4CCC(C3)S4(=O)=O)ccc2o1. The summed E-state index contributed by atoms with van der Waals surface area (Å²) >= 11 is 0. The highest BCUT2D eigenvalue weighted by atomic mass is 32.2. The summed E-state index contributed by atoms with van der Waals surface area (Å²) in [5, 5.41) is -0.642. The van der Waals surface area contributed by atoms with Gasteiger partial charge in [0.15, 0.2) is 27.1 Å². The van der Waals surface area contributed by atoms with Crippen molar-refractivity contribution in [3.63, 3.8) is 0 Å². The summed E-state index contributed by atoms with van der Waals surface area (Å²) in [7, 11) is -2.99. The first-order valence-electron chi connectivity index (χ1n) is 7.59. The minimum absolute atomic E-state index is 0.0364. The summed E-state index contributed by atoms with van der Waals surface area (Å²) in [6, 6.07) is 5.26. The zero-order valence-electron chi connectivity index (χ0n) is 12.3. The van der Waals surface area contributed by atoms with Crippen LogP contribution in [0.1, 0.15) is 41.9 Å². The first kappa shape index (κ1) is 13.9. The average molecular weight is 319 g/mol. The molecule has 22 heavy (non-hydrogen) atoms. The predicted octanol–water partition coefficient (Wildman–Crippen LogP) is 2.67. The number of aryl methyl sites for hydroxylation is 1. The number of fused-ring (bicyclic) bond motifs is 3. The quantitative estimate of drug-likeness (QED) is 0.795. The molecule has 0 N–H and O–H groups in total. The second kappa shape index (κ2) is 4.65. The Balaban J connectivity index is 1.64. The molecule has 4 rings (SSSR count). The number of rotatable bonds is 2. The predicted molar refractivity (Wildman–Crippen MR) is 81.5 cm³/mol. The minimum Gasteiger partial charge on any atom is -0.441 e. The smallest absolute Gasteiger partial charge is 0.192 e. The van der Waals surface area contributed by atoms with Gasteiger partial charge >= 0.3 is 0 Å². The molecule has 0 saturated carbocycles. The number of benzene rings is 1. The largest absolute Gasteiger partial charge is 0.441 e. The molecule has 116 valence electrons. The highest BCUT2D eigenvalue weighted by Gasteiger charge is 2.48. The van der Waals surface area contributed by atoms with Gasteiger partial charge in [-0.2, -0.15) is 0 Å². The first-order valence-corrected chi connectivity index (χ1v) is 9.20. The Labute approximate surface area is 128 Å². The van der Waals surface area contributed by atoms with Crippen molar-refractivity contribution in [3.05, 3.63) is 29.7 Å². The van der Waals surface area contributed by atoms with E-state index in [0.717, 1.165) is 0 Å². The van der Waals surface area contributed by atoms with Crippen molar-refractivity contribution >= 4 is 26.7 Å². The van der Waals surface area contributed by atoms with Crippen molar-refractivity contribution in [1.82, 2.24) is 4.98 Å². The molecule has 2 aliphatic heterocycles. The van der Waals surface area contributed by atoms with Gasteiger partial charge in [0, 0.05) is 18.4 Å². The number of ketones is 1. The molecule has 1 aromatic heterocycles. The fourth-order valence-electron chi connectivity index (χ4n) is 3.85. The van der Waals surface area contributed by atoms with Crippen molar-refractivity contribution in [2.24, 2.45) is 5.92 Å². The van der Waals surface area contributed by atoms with Crippen LogP contribution in [0, 0.1) is 12.8 Å². The lowest BCUT2D eigenvalue weighted by atomic mass is 9.90. The summed E-state index contributed by atoms with van der Waals surface area (Å²) in [6.07, 6.45) is 2.34. The zero-order valence-corrected chi connectivity index (χ0v) is 13.1. The van der Waals surface area contributed by atoms with Crippen molar-refractivity contribution in [3.8, 4) is 0 Å². The lowest BCUT2D eigenvalue weighted by Crippen LogP contribution is -2.36. The number of Topliss-reactive ketones (excluding diaryl/α,β-unsaturated/α-hetero) is 1. The van der Waals surface area contributed by atoms with Crippen LogP contribution in [0.25, 0.3) is 11.1 Å². The van der Waals surface area contributed by atoms with Gasteiger partial charge in [-0.05, 0) is 43.9 Å². The van der Waals surface area contributed by atoms with Crippen LogP contribution in [0.3, 0.4) is 0 Å². The molecule has 0 amide bonds. The first-order chi connectivity index (χ1) is 10.4. The third-order valence-electron chi connectivity index (χ3n) is 4.98. The van der Waals surface area contributed by atoms with Gasteiger partial charge < -0.3 is 4.42 Å². The van der Waals surface area contributed by atoms with E-state index < -0.39 is 9.84 Å². The van der Waals surface area contributed by atoms with Gasteiger partial charge in [-0.1, -0.05) is 0 Å². The molecule has 2 aliphatic rings. The number of aromatic nitrogens is 1. The van der Waals surface area contributed by atoms with Crippen LogP contribution in [-0.4, -0.2) is 29.7 Å². The van der Waals surface area contributed by atoms with Crippen LogP contribution in [0.4, 0.5) is 0 Å². The minimum atomic E-state index is -2.99.